The van der Waals surface area contributed by atoms with E-state index in [9.17, 15) is 18.0 Å². The Balaban J connectivity index is 2.17. The molecule has 2 aromatic rings. The summed E-state index contributed by atoms with van der Waals surface area (Å²) < 4.78 is 24.9. The highest BCUT2D eigenvalue weighted by Crippen LogP contribution is 2.21. The first kappa shape index (κ1) is 16.4. The molecule has 0 radical (unpaired) electrons. The Morgan fingerprint density at radius 2 is 1.77 bits per heavy atom. The lowest BCUT2D eigenvalue weighted by atomic mass is 10.1. The maximum absolute atomic E-state index is 12.5. The summed E-state index contributed by atoms with van der Waals surface area (Å²) in [6.07, 6.45) is -0.163. The Bertz CT molecular complexity index is 752. The fourth-order valence-corrected chi connectivity index (χ4v) is 4.34. The van der Waals surface area contributed by atoms with Crippen molar-refractivity contribution in [3.8, 4) is 0 Å². The summed E-state index contributed by atoms with van der Waals surface area (Å²) >= 11 is 1.28. The van der Waals surface area contributed by atoms with Gasteiger partial charge in [0, 0.05) is 6.42 Å². The maximum atomic E-state index is 12.5. The molecule has 0 saturated heterocycles. The Kier molecular flexibility index (Phi) is 5.10. The molecule has 0 aliphatic carbocycles. The van der Waals surface area contributed by atoms with Crippen LogP contribution in [-0.2, 0) is 14.6 Å². The van der Waals surface area contributed by atoms with E-state index in [1.165, 1.54) is 23.5 Å². The molecule has 116 valence electrons. The number of benzene rings is 1. The smallest absolute Gasteiger partial charge is 0.236 e. The van der Waals surface area contributed by atoms with Gasteiger partial charge >= 0.3 is 0 Å². The molecule has 1 aromatic heterocycles. The quantitative estimate of drug-likeness (QED) is 0.782. The zero-order valence-electron chi connectivity index (χ0n) is 11.6. The molecule has 2 N–H and O–H groups in total. The van der Waals surface area contributed by atoms with E-state index < -0.39 is 21.0 Å². The van der Waals surface area contributed by atoms with Gasteiger partial charge in [-0.1, -0.05) is 24.3 Å². The van der Waals surface area contributed by atoms with Crippen LogP contribution in [-0.4, -0.2) is 25.4 Å². The first-order valence-corrected chi connectivity index (χ1v) is 9.00. The average Bonchev–Trinajstić information content (AvgIpc) is 3.02. The van der Waals surface area contributed by atoms with E-state index in [0.29, 0.717) is 4.88 Å². The van der Waals surface area contributed by atoms with Gasteiger partial charge in [-0.2, -0.15) is 0 Å². The van der Waals surface area contributed by atoms with Crippen molar-refractivity contribution in [2.45, 2.75) is 23.0 Å². The minimum atomic E-state index is -3.89. The first-order valence-electron chi connectivity index (χ1n) is 6.58. The molecular formula is C15H15NO4S2. The third kappa shape index (κ3) is 3.61. The van der Waals surface area contributed by atoms with Crippen LogP contribution in [0.25, 0.3) is 0 Å². The Morgan fingerprint density at radius 1 is 1.09 bits per heavy atom. The van der Waals surface area contributed by atoms with Crippen LogP contribution in [0.3, 0.4) is 0 Å². The van der Waals surface area contributed by atoms with Crippen LogP contribution < -0.4 is 5.73 Å². The van der Waals surface area contributed by atoms with Gasteiger partial charge in [-0.15, -0.1) is 11.3 Å². The van der Waals surface area contributed by atoms with E-state index in [0.717, 1.165) is 0 Å². The zero-order chi connectivity index (χ0) is 16.2. The van der Waals surface area contributed by atoms with Gasteiger partial charge in [0.25, 0.3) is 0 Å². The number of nitrogens with two attached hydrogens (primary N) is 1. The van der Waals surface area contributed by atoms with Crippen LogP contribution in [0.2, 0.25) is 0 Å². The van der Waals surface area contributed by atoms with Crippen molar-refractivity contribution in [2.75, 3.05) is 0 Å². The number of rotatable bonds is 7. The summed E-state index contributed by atoms with van der Waals surface area (Å²) in [4.78, 5) is 24.1. The molecule has 7 heteroatoms. The Morgan fingerprint density at radius 3 is 2.32 bits per heavy atom. The number of amides is 1. The number of hydrogen-bond donors (Lipinski definition) is 1. The molecule has 1 atom stereocenters. The number of thiophene rings is 1. The SMILES string of the molecule is NC(=O)[C@H](CCC(=O)c1cccs1)S(=O)(=O)c1ccccc1. The highest BCUT2D eigenvalue weighted by Gasteiger charge is 2.32. The molecule has 1 heterocycles. The van der Waals surface area contributed by atoms with Gasteiger partial charge in [0.15, 0.2) is 15.6 Å². The molecule has 0 spiro atoms. The second kappa shape index (κ2) is 6.85. The molecule has 22 heavy (non-hydrogen) atoms. The molecule has 0 saturated carbocycles. The third-order valence-electron chi connectivity index (χ3n) is 3.19. The number of carbonyl (C=O) groups excluding carboxylic acids is 2. The van der Waals surface area contributed by atoms with Crippen LogP contribution in [0.5, 0.6) is 0 Å². The van der Waals surface area contributed by atoms with Gasteiger partial charge in [-0.3, -0.25) is 9.59 Å². The minimum Gasteiger partial charge on any atom is -0.369 e. The van der Waals surface area contributed by atoms with Gasteiger partial charge in [0.1, 0.15) is 5.25 Å². The predicted molar refractivity (Wildman–Crippen MR) is 84.5 cm³/mol. The largest absolute Gasteiger partial charge is 0.369 e. The average molecular weight is 337 g/mol. The fourth-order valence-electron chi connectivity index (χ4n) is 2.05. The van der Waals surface area contributed by atoms with Crippen molar-refractivity contribution >= 4 is 32.9 Å². The van der Waals surface area contributed by atoms with Gasteiger partial charge in [0.05, 0.1) is 9.77 Å². The van der Waals surface area contributed by atoms with Crippen LogP contribution in [0, 0.1) is 0 Å². The summed E-state index contributed by atoms with van der Waals surface area (Å²) in [6.45, 7) is 0. The second-order valence-corrected chi connectivity index (χ2v) is 7.77. The monoisotopic (exact) mass is 337 g/mol. The summed E-state index contributed by atoms with van der Waals surface area (Å²) in [5.74, 6) is -1.13. The Hall–Kier alpha value is -1.99. The highest BCUT2D eigenvalue weighted by molar-refractivity contribution is 7.92. The molecule has 0 unspecified atom stereocenters. The van der Waals surface area contributed by atoms with Crippen molar-refractivity contribution in [3.63, 3.8) is 0 Å². The number of sulfone groups is 1. The van der Waals surface area contributed by atoms with Crippen molar-refractivity contribution in [1.82, 2.24) is 0 Å². The van der Waals surface area contributed by atoms with E-state index in [4.69, 9.17) is 5.73 Å². The highest BCUT2D eigenvalue weighted by atomic mass is 32.2. The second-order valence-electron chi connectivity index (χ2n) is 4.69. The van der Waals surface area contributed by atoms with Crippen molar-refractivity contribution in [3.05, 3.63) is 52.7 Å². The summed E-state index contributed by atoms with van der Waals surface area (Å²) in [6, 6.07) is 11.0. The summed E-state index contributed by atoms with van der Waals surface area (Å²) in [7, 11) is -3.89. The van der Waals surface area contributed by atoms with Gasteiger partial charge < -0.3 is 5.73 Å². The van der Waals surface area contributed by atoms with Gasteiger partial charge in [-0.05, 0) is 30.0 Å². The molecule has 5 nitrogen and oxygen atoms in total. The molecule has 1 amide bonds. The zero-order valence-corrected chi connectivity index (χ0v) is 13.3. The summed E-state index contributed by atoms with van der Waals surface area (Å²) in [5.41, 5.74) is 5.24. The molecule has 0 aliphatic heterocycles. The number of Topliss-reactive ketones (excluding diaryl/α,β-unsaturated/α-hetero) is 1. The predicted octanol–water partition coefficient (Wildman–Crippen LogP) is 2.04. The van der Waals surface area contributed by atoms with E-state index in [1.54, 1.807) is 35.7 Å². The van der Waals surface area contributed by atoms with E-state index in [1.807, 2.05) is 0 Å². The van der Waals surface area contributed by atoms with E-state index in [-0.39, 0.29) is 23.5 Å². The van der Waals surface area contributed by atoms with Crippen molar-refractivity contribution in [2.24, 2.45) is 5.73 Å². The number of hydrogen-bond acceptors (Lipinski definition) is 5. The number of ketones is 1. The standard InChI is InChI=1S/C15H15NO4S2/c16-15(18)14(9-8-12(17)13-7-4-10-21-13)22(19,20)11-5-2-1-3-6-11/h1-7,10,14H,8-9H2,(H2,16,18)/t14-/m0/s1. The van der Waals surface area contributed by atoms with Crippen molar-refractivity contribution < 1.29 is 18.0 Å². The summed E-state index contributed by atoms with van der Waals surface area (Å²) in [5, 5.41) is 0.360. The van der Waals surface area contributed by atoms with E-state index >= 15 is 0 Å². The van der Waals surface area contributed by atoms with Crippen molar-refractivity contribution in [1.29, 1.82) is 0 Å². The van der Waals surface area contributed by atoms with Crippen LogP contribution >= 0.6 is 11.3 Å². The molecule has 0 fully saturated rings. The third-order valence-corrected chi connectivity index (χ3v) is 6.25. The van der Waals surface area contributed by atoms with Crippen LogP contribution in [0.1, 0.15) is 22.5 Å². The molecule has 0 aliphatic rings. The lowest BCUT2D eigenvalue weighted by molar-refractivity contribution is -0.117. The van der Waals surface area contributed by atoms with Gasteiger partial charge in [0.2, 0.25) is 5.91 Å². The maximum Gasteiger partial charge on any atom is 0.236 e. The fraction of sp³-hybridized carbons (Fsp3) is 0.200. The number of carbonyl (C=O) groups is 2. The van der Waals surface area contributed by atoms with Crippen LogP contribution in [0.4, 0.5) is 0 Å². The lowest BCUT2D eigenvalue weighted by Gasteiger charge is -2.14. The minimum absolute atomic E-state index is 0.0300. The molecule has 2 rings (SSSR count). The molecular weight excluding hydrogens is 322 g/mol. The molecule has 0 bridgehead atoms. The normalized spacial score (nSPS) is 12.7. The number of primary amides is 1. The van der Waals surface area contributed by atoms with Crippen LogP contribution in [0.15, 0.2) is 52.7 Å². The van der Waals surface area contributed by atoms with Gasteiger partial charge in [-0.25, -0.2) is 8.42 Å². The van der Waals surface area contributed by atoms with E-state index in [2.05, 4.69) is 0 Å². The lowest BCUT2D eigenvalue weighted by Crippen LogP contribution is -2.36. The Labute approximate surface area is 132 Å². The topological polar surface area (TPSA) is 94.3 Å². The molecule has 1 aromatic carbocycles. The first-order chi connectivity index (χ1) is 10.4.